The normalized spacial score (nSPS) is 11.5. The molecule has 0 fully saturated rings. The topological polar surface area (TPSA) is 47.6 Å². The summed E-state index contributed by atoms with van der Waals surface area (Å²) in [5, 5.41) is 3.25. The summed E-state index contributed by atoms with van der Waals surface area (Å²) in [6, 6.07) is 0. The molecular formula is C11H23NO3. The van der Waals surface area contributed by atoms with Crippen LogP contribution in [0.2, 0.25) is 0 Å². The third kappa shape index (κ3) is 11.3. The quantitative estimate of drug-likeness (QED) is 0.514. The Bertz CT molecular complexity index is 175. The second-order valence-corrected chi connectivity index (χ2v) is 4.60. The van der Waals surface area contributed by atoms with Crippen LogP contribution in [0.25, 0.3) is 0 Å². The van der Waals surface area contributed by atoms with Crippen LogP contribution in [0.15, 0.2) is 0 Å². The second-order valence-electron chi connectivity index (χ2n) is 4.60. The van der Waals surface area contributed by atoms with E-state index >= 15 is 0 Å². The van der Waals surface area contributed by atoms with Crippen LogP contribution in [-0.4, -0.2) is 38.9 Å². The van der Waals surface area contributed by atoms with Crippen molar-refractivity contribution in [1.82, 2.24) is 5.32 Å². The molecule has 0 aromatic rings. The zero-order valence-corrected chi connectivity index (χ0v) is 10.3. The van der Waals surface area contributed by atoms with Crippen molar-refractivity contribution in [2.24, 2.45) is 5.41 Å². The second kappa shape index (κ2) is 7.65. The minimum Gasteiger partial charge on any atom is -0.464 e. The first-order valence-corrected chi connectivity index (χ1v) is 5.40. The highest BCUT2D eigenvalue weighted by molar-refractivity contribution is 5.70. The van der Waals surface area contributed by atoms with Crippen molar-refractivity contribution >= 4 is 5.97 Å². The molecule has 0 atom stereocenters. The van der Waals surface area contributed by atoms with E-state index in [-0.39, 0.29) is 18.0 Å². The van der Waals surface area contributed by atoms with Gasteiger partial charge >= 0.3 is 5.97 Å². The van der Waals surface area contributed by atoms with Crippen LogP contribution in [0.5, 0.6) is 0 Å². The molecule has 0 aliphatic carbocycles. The monoisotopic (exact) mass is 217 g/mol. The Morgan fingerprint density at radius 2 is 2.00 bits per heavy atom. The molecule has 0 saturated heterocycles. The first-order valence-electron chi connectivity index (χ1n) is 5.40. The number of esters is 1. The van der Waals surface area contributed by atoms with Crippen LogP contribution in [0.4, 0.5) is 0 Å². The summed E-state index contributed by atoms with van der Waals surface area (Å²) < 4.78 is 9.84. The highest BCUT2D eigenvalue weighted by atomic mass is 16.6. The molecule has 0 spiro atoms. The molecule has 0 unspecified atom stereocenters. The van der Waals surface area contributed by atoms with Gasteiger partial charge in [0.1, 0.15) is 6.61 Å². The van der Waals surface area contributed by atoms with Crippen molar-refractivity contribution in [1.29, 1.82) is 0 Å². The molecule has 90 valence electrons. The standard InChI is InChI=1S/C11H23NO3/c1-5-15-10(13)8-14-7-6-12-9-11(2,3)4/h12H,5-9H2,1-4H3. The van der Waals surface area contributed by atoms with Gasteiger partial charge in [0.05, 0.1) is 13.2 Å². The van der Waals surface area contributed by atoms with E-state index in [0.29, 0.717) is 13.2 Å². The molecule has 4 nitrogen and oxygen atoms in total. The van der Waals surface area contributed by atoms with E-state index in [1.165, 1.54) is 0 Å². The van der Waals surface area contributed by atoms with E-state index in [1.807, 2.05) is 0 Å². The van der Waals surface area contributed by atoms with Gasteiger partial charge in [0.2, 0.25) is 0 Å². The summed E-state index contributed by atoms with van der Waals surface area (Å²) in [6.07, 6.45) is 0. The van der Waals surface area contributed by atoms with Gasteiger partial charge in [0.15, 0.2) is 0 Å². The lowest BCUT2D eigenvalue weighted by molar-refractivity contribution is -0.148. The van der Waals surface area contributed by atoms with Gasteiger partial charge in [-0.15, -0.1) is 0 Å². The number of hydrogen-bond acceptors (Lipinski definition) is 4. The van der Waals surface area contributed by atoms with Crippen LogP contribution >= 0.6 is 0 Å². The summed E-state index contributed by atoms with van der Waals surface area (Å²) in [7, 11) is 0. The summed E-state index contributed by atoms with van der Waals surface area (Å²) in [4.78, 5) is 10.9. The lowest BCUT2D eigenvalue weighted by Gasteiger charge is -2.18. The molecule has 4 heteroatoms. The summed E-state index contributed by atoms with van der Waals surface area (Å²) in [6.45, 7) is 11.0. The molecule has 0 aliphatic heterocycles. The van der Waals surface area contributed by atoms with Gasteiger partial charge < -0.3 is 14.8 Å². The highest BCUT2D eigenvalue weighted by Gasteiger charge is 2.08. The Balaban J connectivity index is 3.22. The van der Waals surface area contributed by atoms with Crippen LogP contribution in [0.1, 0.15) is 27.7 Å². The average molecular weight is 217 g/mol. The number of hydrogen-bond donors (Lipinski definition) is 1. The molecule has 0 aromatic carbocycles. The third-order valence-electron chi connectivity index (χ3n) is 1.60. The zero-order valence-electron chi connectivity index (χ0n) is 10.3. The molecule has 0 amide bonds. The maximum Gasteiger partial charge on any atom is 0.332 e. The van der Waals surface area contributed by atoms with E-state index in [1.54, 1.807) is 6.92 Å². The fraction of sp³-hybridized carbons (Fsp3) is 0.909. The Hall–Kier alpha value is -0.610. The Labute approximate surface area is 92.3 Å². The van der Waals surface area contributed by atoms with Crippen molar-refractivity contribution in [3.8, 4) is 0 Å². The molecule has 0 rings (SSSR count). The Morgan fingerprint density at radius 3 is 2.53 bits per heavy atom. The molecule has 0 radical (unpaired) electrons. The number of ether oxygens (including phenoxy) is 2. The molecule has 0 bridgehead atoms. The van der Waals surface area contributed by atoms with Crippen LogP contribution in [0, 0.1) is 5.41 Å². The summed E-state index contributed by atoms with van der Waals surface area (Å²) in [5.74, 6) is -0.298. The van der Waals surface area contributed by atoms with Gasteiger partial charge in [-0.1, -0.05) is 20.8 Å². The lowest BCUT2D eigenvalue weighted by atomic mass is 9.97. The predicted octanol–water partition coefficient (Wildman–Crippen LogP) is 1.20. The van der Waals surface area contributed by atoms with Crippen LogP contribution in [0.3, 0.4) is 0 Å². The van der Waals surface area contributed by atoms with Gasteiger partial charge in [-0.05, 0) is 12.3 Å². The SMILES string of the molecule is CCOC(=O)COCCNCC(C)(C)C. The molecule has 15 heavy (non-hydrogen) atoms. The zero-order chi connectivity index (χ0) is 11.7. The average Bonchev–Trinajstić information content (AvgIpc) is 2.09. The van der Waals surface area contributed by atoms with E-state index in [4.69, 9.17) is 9.47 Å². The minimum atomic E-state index is -0.298. The number of rotatable bonds is 7. The number of carbonyl (C=O) groups excluding carboxylic acids is 1. The number of carbonyl (C=O) groups is 1. The van der Waals surface area contributed by atoms with Crippen molar-refractivity contribution in [3.63, 3.8) is 0 Å². The van der Waals surface area contributed by atoms with Crippen molar-refractivity contribution in [3.05, 3.63) is 0 Å². The van der Waals surface area contributed by atoms with Gasteiger partial charge in [-0.3, -0.25) is 0 Å². The molecule has 0 saturated carbocycles. The predicted molar refractivity (Wildman–Crippen MR) is 59.8 cm³/mol. The number of nitrogens with one attached hydrogen (secondary N) is 1. The minimum absolute atomic E-state index is 0.0467. The summed E-state index contributed by atoms with van der Waals surface area (Å²) in [5.41, 5.74) is 0.279. The van der Waals surface area contributed by atoms with Crippen LogP contribution in [-0.2, 0) is 14.3 Å². The van der Waals surface area contributed by atoms with Crippen LogP contribution < -0.4 is 5.32 Å². The lowest BCUT2D eigenvalue weighted by Crippen LogP contribution is -2.30. The van der Waals surface area contributed by atoms with E-state index in [0.717, 1.165) is 13.1 Å². The van der Waals surface area contributed by atoms with Crippen molar-refractivity contribution < 1.29 is 14.3 Å². The van der Waals surface area contributed by atoms with Gasteiger partial charge in [0.25, 0.3) is 0 Å². The van der Waals surface area contributed by atoms with E-state index < -0.39 is 0 Å². The first-order chi connectivity index (χ1) is 6.95. The third-order valence-corrected chi connectivity index (χ3v) is 1.60. The Kier molecular flexibility index (Phi) is 7.34. The van der Waals surface area contributed by atoms with Crippen molar-refractivity contribution in [2.45, 2.75) is 27.7 Å². The fourth-order valence-electron chi connectivity index (χ4n) is 0.966. The van der Waals surface area contributed by atoms with Gasteiger partial charge in [0, 0.05) is 13.1 Å². The maximum atomic E-state index is 10.9. The van der Waals surface area contributed by atoms with Gasteiger partial charge in [-0.2, -0.15) is 0 Å². The molecule has 0 aromatic heterocycles. The molecule has 1 N–H and O–H groups in total. The van der Waals surface area contributed by atoms with E-state index in [2.05, 4.69) is 26.1 Å². The Morgan fingerprint density at radius 1 is 1.33 bits per heavy atom. The smallest absolute Gasteiger partial charge is 0.332 e. The highest BCUT2D eigenvalue weighted by Crippen LogP contribution is 2.09. The molecular weight excluding hydrogens is 194 g/mol. The maximum absolute atomic E-state index is 10.9. The summed E-state index contributed by atoms with van der Waals surface area (Å²) >= 11 is 0. The van der Waals surface area contributed by atoms with E-state index in [9.17, 15) is 4.79 Å². The fourth-order valence-corrected chi connectivity index (χ4v) is 0.966. The first kappa shape index (κ1) is 14.4. The molecule has 0 heterocycles. The van der Waals surface area contributed by atoms with Gasteiger partial charge in [-0.25, -0.2) is 4.79 Å². The largest absolute Gasteiger partial charge is 0.464 e. The van der Waals surface area contributed by atoms with Crippen molar-refractivity contribution in [2.75, 3.05) is 32.9 Å². The molecule has 0 aliphatic rings.